The standard InChI is InChI=1S/C19H24N4O2/c1-23-11-8-16(20-10-11)18(23)19(24)17-14-9-13(6-7-15(14)21-22-17)25-12-4-2-3-5-12/h6-7,9,11-12,16,18,20H,2-5,8,10H2,1H3,(H,21,22)/t11-,16+,18?/m1/s1. The van der Waals surface area contributed by atoms with Crippen molar-refractivity contribution in [2.75, 3.05) is 13.6 Å². The molecule has 3 aliphatic rings. The smallest absolute Gasteiger partial charge is 0.202 e. The molecule has 2 N–H and O–H groups in total. The Morgan fingerprint density at radius 2 is 2.16 bits per heavy atom. The van der Waals surface area contributed by atoms with Gasteiger partial charge in [-0.1, -0.05) is 0 Å². The van der Waals surface area contributed by atoms with Crippen molar-refractivity contribution in [2.24, 2.45) is 0 Å². The zero-order chi connectivity index (χ0) is 17.0. The second-order valence-corrected chi connectivity index (χ2v) is 7.68. The number of ketones is 1. The number of nitrogens with one attached hydrogen (secondary N) is 2. The molecule has 132 valence electrons. The Hall–Kier alpha value is -1.92. The van der Waals surface area contributed by atoms with Gasteiger partial charge in [-0.05, 0) is 57.4 Å². The number of carbonyl (C=O) groups excluding carboxylic acids is 1. The van der Waals surface area contributed by atoms with Crippen LogP contribution in [-0.2, 0) is 0 Å². The van der Waals surface area contributed by atoms with Crippen LogP contribution in [0.2, 0.25) is 0 Å². The summed E-state index contributed by atoms with van der Waals surface area (Å²) in [5.41, 5.74) is 1.43. The third kappa shape index (κ3) is 2.47. The van der Waals surface area contributed by atoms with Gasteiger partial charge in [-0.2, -0.15) is 5.10 Å². The van der Waals surface area contributed by atoms with Crippen molar-refractivity contribution in [1.29, 1.82) is 0 Å². The molecule has 2 saturated heterocycles. The maximum absolute atomic E-state index is 13.2. The molecule has 3 fully saturated rings. The molecule has 0 spiro atoms. The lowest BCUT2D eigenvalue weighted by Crippen LogP contribution is -2.53. The number of nitrogens with zero attached hydrogens (tertiary/aromatic N) is 2. The molecule has 1 aromatic heterocycles. The first-order valence-corrected chi connectivity index (χ1v) is 9.35. The van der Waals surface area contributed by atoms with Gasteiger partial charge < -0.3 is 10.1 Å². The van der Waals surface area contributed by atoms with Crippen LogP contribution in [0.15, 0.2) is 18.2 Å². The number of piperazine rings is 1. The van der Waals surface area contributed by atoms with E-state index in [9.17, 15) is 4.79 Å². The minimum atomic E-state index is -0.121. The van der Waals surface area contributed by atoms with Crippen LogP contribution in [0.25, 0.3) is 10.9 Å². The van der Waals surface area contributed by atoms with Gasteiger partial charge in [-0.25, -0.2) is 0 Å². The van der Waals surface area contributed by atoms with Gasteiger partial charge in [0, 0.05) is 24.0 Å². The Bertz CT molecular complexity index is 809. The lowest BCUT2D eigenvalue weighted by atomic mass is 10.0. The summed E-state index contributed by atoms with van der Waals surface area (Å²) >= 11 is 0. The van der Waals surface area contributed by atoms with Crippen LogP contribution < -0.4 is 10.1 Å². The number of fused-ring (bicyclic) bond motifs is 3. The third-order valence-electron chi connectivity index (χ3n) is 6.18. The molecule has 0 radical (unpaired) electrons. The van der Waals surface area contributed by atoms with Gasteiger partial charge in [-0.15, -0.1) is 0 Å². The number of hydrogen-bond donors (Lipinski definition) is 2. The lowest BCUT2D eigenvalue weighted by molar-refractivity contribution is 0.0811. The minimum absolute atomic E-state index is 0.103. The summed E-state index contributed by atoms with van der Waals surface area (Å²) < 4.78 is 6.11. The second-order valence-electron chi connectivity index (χ2n) is 7.68. The molecular weight excluding hydrogens is 316 g/mol. The van der Waals surface area contributed by atoms with E-state index in [1.165, 1.54) is 12.8 Å². The molecule has 1 aliphatic carbocycles. The van der Waals surface area contributed by atoms with Crippen LogP contribution in [0.4, 0.5) is 0 Å². The molecule has 25 heavy (non-hydrogen) atoms. The van der Waals surface area contributed by atoms with Crippen LogP contribution in [0.1, 0.15) is 42.6 Å². The highest BCUT2D eigenvalue weighted by Gasteiger charge is 2.48. The van der Waals surface area contributed by atoms with Gasteiger partial charge >= 0.3 is 0 Å². The van der Waals surface area contributed by atoms with Gasteiger partial charge in [-0.3, -0.25) is 14.8 Å². The highest BCUT2D eigenvalue weighted by Crippen LogP contribution is 2.32. The molecule has 2 aliphatic heterocycles. The molecule has 1 aromatic carbocycles. The highest BCUT2D eigenvalue weighted by atomic mass is 16.5. The summed E-state index contributed by atoms with van der Waals surface area (Å²) in [7, 11) is 2.05. The fourth-order valence-corrected chi connectivity index (χ4v) is 4.77. The minimum Gasteiger partial charge on any atom is -0.490 e. The normalized spacial score (nSPS) is 29.7. The van der Waals surface area contributed by atoms with E-state index < -0.39 is 0 Å². The van der Waals surface area contributed by atoms with E-state index in [-0.39, 0.29) is 17.9 Å². The van der Waals surface area contributed by atoms with Crippen LogP contribution in [0.5, 0.6) is 5.75 Å². The first-order valence-electron chi connectivity index (χ1n) is 9.35. The fourth-order valence-electron chi connectivity index (χ4n) is 4.77. The first kappa shape index (κ1) is 15.3. The van der Waals surface area contributed by atoms with E-state index in [0.29, 0.717) is 17.8 Å². The number of likely N-dealkylation sites (N-methyl/N-ethyl adjacent to an activating group) is 1. The van der Waals surface area contributed by atoms with E-state index in [1.807, 2.05) is 18.2 Å². The first-order chi connectivity index (χ1) is 12.2. The molecule has 3 heterocycles. The van der Waals surface area contributed by atoms with Crippen molar-refractivity contribution >= 4 is 16.7 Å². The zero-order valence-electron chi connectivity index (χ0n) is 14.5. The summed E-state index contributed by atoms with van der Waals surface area (Å²) in [6.07, 6.45) is 6.08. The van der Waals surface area contributed by atoms with Crippen LogP contribution in [-0.4, -0.2) is 58.7 Å². The molecule has 1 unspecified atom stereocenters. The predicted molar refractivity (Wildman–Crippen MR) is 95.1 cm³/mol. The molecule has 1 saturated carbocycles. The van der Waals surface area contributed by atoms with E-state index in [4.69, 9.17) is 4.74 Å². The van der Waals surface area contributed by atoms with Gasteiger partial charge in [0.2, 0.25) is 5.78 Å². The molecule has 3 atom stereocenters. The largest absolute Gasteiger partial charge is 0.490 e. The maximum Gasteiger partial charge on any atom is 0.202 e. The van der Waals surface area contributed by atoms with Crippen molar-refractivity contribution in [3.63, 3.8) is 0 Å². The molecule has 2 bridgehead atoms. The zero-order valence-corrected chi connectivity index (χ0v) is 14.5. The quantitative estimate of drug-likeness (QED) is 0.834. The average molecular weight is 340 g/mol. The molecule has 2 aromatic rings. The lowest BCUT2D eigenvalue weighted by Gasteiger charge is -2.30. The number of benzene rings is 1. The SMILES string of the molecule is CN1C(C(=O)c2n[nH]c3ccc(OC4CCCC4)cc23)[C@@H]2C[C@@H]1CN2. The van der Waals surface area contributed by atoms with Crippen molar-refractivity contribution in [3.8, 4) is 5.75 Å². The number of aromatic nitrogens is 2. The topological polar surface area (TPSA) is 70.2 Å². The van der Waals surface area contributed by atoms with E-state index >= 15 is 0 Å². The Balaban J connectivity index is 1.45. The maximum atomic E-state index is 13.2. The van der Waals surface area contributed by atoms with Gasteiger partial charge in [0.25, 0.3) is 0 Å². The average Bonchev–Trinajstić information content (AvgIpc) is 3.38. The number of Topliss-reactive ketones (excluding diaryl/α,β-unsaturated/α-hetero) is 1. The van der Waals surface area contributed by atoms with Crippen molar-refractivity contribution in [1.82, 2.24) is 20.4 Å². The van der Waals surface area contributed by atoms with Crippen molar-refractivity contribution < 1.29 is 9.53 Å². The number of rotatable bonds is 4. The monoisotopic (exact) mass is 340 g/mol. The Morgan fingerprint density at radius 3 is 2.92 bits per heavy atom. The van der Waals surface area contributed by atoms with E-state index in [2.05, 4.69) is 27.5 Å². The Morgan fingerprint density at radius 1 is 1.32 bits per heavy atom. The molecule has 0 amide bonds. The summed E-state index contributed by atoms with van der Waals surface area (Å²) in [5.74, 6) is 0.945. The summed E-state index contributed by atoms with van der Waals surface area (Å²) in [6, 6.07) is 6.50. The number of likely N-dealkylation sites (tertiary alicyclic amines) is 1. The molecular formula is C19H24N4O2. The number of aromatic amines is 1. The Kier molecular flexibility index (Phi) is 3.57. The number of ether oxygens (including phenoxy) is 1. The second kappa shape index (κ2) is 5.81. The molecule has 5 rings (SSSR count). The van der Waals surface area contributed by atoms with Crippen LogP contribution in [0.3, 0.4) is 0 Å². The molecule has 6 nitrogen and oxygen atoms in total. The highest BCUT2D eigenvalue weighted by molar-refractivity contribution is 6.09. The number of H-pyrrole nitrogens is 1. The van der Waals surface area contributed by atoms with E-state index in [1.54, 1.807) is 0 Å². The summed E-state index contributed by atoms with van der Waals surface area (Å²) in [6.45, 7) is 0.978. The van der Waals surface area contributed by atoms with Gasteiger partial charge in [0.15, 0.2) is 0 Å². The third-order valence-corrected chi connectivity index (χ3v) is 6.18. The summed E-state index contributed by atoms with van der Waals surface area (Å²) in [4.78, 5) is 15.4. The van der Waals surface area contributed by atoms with Crippen molar-refractivity contribution in [3.05, 3.63) is 23.9 Å². The van der Waals surface area contributed by atoms with Crippen molar-refractivity contribution in [2.45, 2.75) is 56.3 Å². The molecule has 6 heteroatoms. The van der Waals surface area contributed by atoms with Crippen LogP contribution >= 0.6 is 0 Å². The predicted octanol–water partition coefficient (Wildman–Crippen LogP) is 2.11. The Labute approximate surface area is 146 Å². The fraction of sp³-hybridized carbons (Fsp3) is 0.579. The number of hydrogen-bond acceptors (Lipinski definition) is 5. The van der Waals surface area contributed by atoms with Crippen LogP contribution in [0, 0.1) is 0 Å². The van der Waals surface area contributed by atoms with Gasteiger partial charge in [0.05, 0.1) is 17.7 Å². The summed E-state index contributed by atoms with van der Waals surface area (Å²) in [5, 5.41) is 11.7. The van der Waals surface area contributed by atoms with E-state index in [0.717, 1.165) is 42.5 Å². The number of carbonyl (C=O) groups is 1. The van der Waals surface area contributed by atoms with Gasteiger partial charge in [0.1, 0.15) is 11.4 Å².